The highest BCUT2D eigenvalue weighted by Crippen LogP contribution is 2.16. The van der Waals surface area contributed by atoms with E-state index < -0.39 is 0 Å². The second kappa shape index (κ2) is 6.30. The van der Waals surface area contributed by atoms with E-state index in [-0.39, 0.29) is 6.03 Å². The summed E-state index contributed by atoms with van der Waals surface area (Å²) in [4.78, 5) is 17.6. The van der Waals surface area contributed by atoms with Crippen molar-refractivity contribution in [3.05, 3.63) is 5.82 Å². The predicted octanol–water partition coefficient (Wildman–Crippen LogP) is 1.49. The molecule has 5 nitrogen and oxygen atoms in total. The average Bonchev–Trinajstić information content (AvgIpc) is 2.68. The zero-order valence-corrected chi connectivity index (χ0v) is 11.1. The highest BCUT2D eigenvalue weighted by atomic mass is 32.2. The van der Waals surface area contributed by atoms with Crippen LogP contribution in [0.1, 0.15) is 19.2 Å². The van der Waals surface area contributed by atoms with Gasteiger partial charge in [0.15, 0.2) is 11.0 Å². The molecule has 0 radical (unpaired) electrons. The van der Waals surface area contributed by atoms with Gasteiger partial charge in [-0.3, -0.25) is 0 Å². The molecule has 1 aromatic heterocycles. The Morgan fingerprint density at radius 2 is 2.29 bits per heavy atom. The van der Waals surface area contributed by atoms with Gasteiger partial charge in [-0.25, -0.2) is 9.78 Å². The Balaban J connectivity index is 2.99. The van der Waals surface area contributed by atoms with Crippen LogP contribution in [0.3, 0.4) is 0 Å². The second-order valence-corrected chi connectivity index (χ2v) is 4.58. The highest BCUT2D eigenvalue weighted by molar-refractivity contribution is 7.99. The fraction of sp³-hybridized carbons (Fsp3) is 0.545. The van der Waals surface area contributed by atoms with Gasteiger partial charge in [0.1, 0.15) is 0 Å². The number of carbonyl (C=O) groups is 1. The molecular formula is C11H16N4OS. The predicted molar refractivity (Wildman–Crippen MR) is 68.1 cm³/mol. The summed E-state index contributed by atoms with van der Waals surface area (Å²) < 4.78 is 1.31. The van der Waals surface area contributed by atoms with Crippen LogP contribution in [0.15, 0.2) is 5.16 Å². The Kier molecular flexibility index (Phi) is 5.04. The molecule has 1 aromatic rings. The van der Waals surface area contributed by atoms with Crippen LogP contribution in [0, 0.1) is 12.3 Å². The normalized spacial score (nSPS) is 10.0. The number of rotatable bonds is 4. The largest absolute Gasteiger partial charge is 0.346 e. The van der Waals surface area contributed by atoms with E-state index in [4.69, 9.17) is 6.42 Å². The number of hydrogen-bond acceptors (Lipinski definition) is 4. The summed E-state index contributed by atoms with van der Waals surface area (Å²) in [6.07, 6.45) is 6.91. The van der Waals surface area contributed by atoms with Crippen LogP contribution in [0.4, 0.5) is 4.79 Å². The highest BCUT2D eigenvalue weighted by Gasteiger charge is 2.17. The third-order valence-electron chi connectivity index (χ3n) is 1.94. The maximum atomic E-state index is 11.9. The minimum absolute atomic E-state index is 0.209. The molecule has 1 rings (SSSR count). The lowest BCUT2D eigenvalue weighted by Crippen LogP contribution is -2.28. The molecule has 0 saturated heterocycles. The van der Waals surface area contributed by atoms with Gasteiger partial charge in [0.25, 0.3) is 0 Å². The lowest BCUT2D eigenvalue weighted by molar-refractivity contribution is 0.213. The van der Waals surface area contributed by atoms with Crippen LogP contribution in [0.2, 0.25) is 0 Å². The summed E-state index contributed by atoms with van der Waals surface area (Å²) in [7, 11) is 3.36. The van der Waals surface area contributed by atoms with E-state index in [2.05, 4.69) is 16.0 Å². The molecule has 0 aromatic carbocycles. The van der Waals surface area contributed by atoms with E-state index >= 15 is 0 Å². The first-order valence-corrected chi connectivity index (χ1v) is 6.32. The van der Waals surface area contributed by atoms with Crippen LogP contribution in [0.25, 0.3) is 0 Å². The standard InChI is InChI=1S/C11H16N4OS/c1-5-7-9-12-10(17-8-6-2)15(13-9)11(16)14(3)4/h2H,5,7-8H2,1,3-4H3. The number of carbonyl (C=O) groups excluding carboxylic acids is 1. The SMILES string of the molecule is C#CCSc1nc(CCC)nn1C(=O)N(C)C. The number of thioether (sulfide) groups is 1. The van der Waals surface area contributed by atoms with E-state index in [0.717, 1.165) is 12.8 Å². The van der Waals surface area contributed by atoms with E-state index in [1.54, 1.807) is 14.1 Å². The zero-order chi connectivity index (χ0) is 12.8. The Morgan fingerprint density at radius 1 is 1.59 bits per heavy atom. The third-order valence-corrected chi connectivity index (χ3v) is 2.78. The minimum atomic E-state index is -0.209. The first-order valence-electron chi connectivity index (χ1n) is 5.34. The summed E-state index contributed by atoms with van der Waals surface area (Å²) in [5.41, 5.74) is 0. The minimum Gasteiger partial charge on any atom is -0.329 e. The Hall–Kier alpha value is -1.48. The molecule has 0 fully saturated rings. The molecule has 0 unspecified atom stereocenters. The third kappa shape index (κ3) is 3.49. The van der Waals surface area contributed by atoms with Crippen LogP contribution >= 0.6 is 11.8 Å². The molecule has 6 heteroatoms. The zero-order valence-electron chi connectivity index (χ0n) is 10.3. The molecule has 0 bridgehead atoms. The van der Waals surface area contributed by atoms with E-state index in [0.29, 0.717) is 16.7 Å². The molecule has 0 N–H and O–H groups in total. The van der Waals surface area contributed by atoms with E-state index in [1.807, 2.05) is 6.92 Å². The summed E-state index contributed by atoms with van der Waals surface area (Å²) >= 11 is 1.35. The molecule has 1 amide bonds. The van der Waals surface area contributed by atoms with Crippen molar-refractivity contribution >= 4 is 17.8 Å². The maximum Gasteiger partial charge on any atom is 0.346 e. The van der Waals surface area contributed by atoms with Crippen molar-refractivity contribution in [1.82, 2.24) is 19.7 Å². The average molecular weight is 252 g/mol. The quantitative estimate of drug-likeness (QED) is 0.601. The van der Waals surface area contributed by atoms with Crippen molar-refractivity contribution in [3.63, 3.8) is 0 Å². The van der Waals surface area contributed by atoms with Crippen LogP contribution < -0.4 is 0 Å². The number of aromatic nitrogens is 3. The summed E-state index contributed by atoms with van der Waals surface area (Å²) in [6, 6.07) is -0.209. The van der Waals surface area contributed by atoms with Crippen molar-refractivity contribution in [3.8, 4) is 12.3 Å². The topological polar surface area (TPSA) is 51.0 Å². The molecule has 0 aliphatic rings. The van der Waals surface area contributed by atoms with Gasteiger partial charge >= 0.3 is 6.03 Å². The van der Waals surface area contributed by atoms with Gasteiger partial charge in [0.05, 0.1) is 5.75 Å². The summed E-state index contributed by atoms with van der Waals surface area (Å²) in [5, 5.41) is 4.76. The number of aryl methyl sites for hydroxylation is 1. The van der Waals surface area contributed by atoms with E-state index in [1.165, 1.54) is 21.3 Å². The molecular weight excluding hydrogens is 236 g/mol. The van der Waals surface area contributed by atoms with Gasteiger partial charge in [0.2, 0.25) is 0 Å². The Bertz CT molecular complexity index is 433. The molecule has 1 heterocycles. The van der Waals surface area contributed by atoms with Gasteiger partial charge in [-0.2, -0.15) is 4.68 Å². The van der Waals surface area contributed by atoms with Crippen molar-refractivity contribution in [2.45, 2.75) is 24.9 Å². The first-order chi connectivity index (χ1) is 8.10. The molecule has 17 heavy (non-hydrogen) atoms. The number of terminal acetylenes is 1. The smallest absolute Gasteiger partial charge is 0.329 e. The summed E-state index contributed by atoms with van der Waals surface area (Å²) in [6.45, 7) is 2.04. The lowest BCUT2D eigenvalue weighted by atomic mass is 10.3. The van der Waals surface area contributed by atoms with Crippen molar-refractivity contribution in [1.29, 1.82) is 0 Å². The fourth-order valence-corrected chi connectivity index (χ4v) is 1.81. The lowest BCUT2D eigenvalue weighted by Gasteiger charge is -2.10. The van der Waals surface area contributed by atoms with E-state index in [9.17, 15) is 4.79 Å². The monoisotopic (exact) mass is 252 g/mol. The van der Waals surface area contributed by atoms with Crippen molar-refractivity contribution in [2.75, 3.05) is 19.8 Å². The number of nitrogens with zero attached hydrogens (tertiary/aromatic N) is 4. The number of amides is 1. The number of hydrogen-bond donors (Lipinski definition) is 0. The van der Waals surface area contributed by atoms with Crippen LogP contribution in [0.5, 0.6) is 0 Å². The molecule has 0 saturated carbocycles. The molecule has 0 aliphatic heterocycles. The first kappa shape index (κ1) is 13.6. The van der Waals surface area contributed by atoms with Crippen molar-refractivity contribution < 1.29 is 4.79 Å². The molecule has 0 aliphatic carbocycles. The molecule has 0 spiro atoms. The van der Waals surface area contributed by atoms with Gasteiger partial charge in [0, 0.05) is 20.5 Å². The van der Waals surface area contributed by atoms with Crippen LogP contribution in [-0.4, -0.2) is 45.5 Å². The fourth-order valence-electron chi connectivity index (χ4n) is 1.18. The van der Waals surface area contributed by atoms with Gasteiger partial charge in [-0.1, -0.05) is 24.6 Å². The maximum absolute atomic E-state index is 11.9. The van der Waals surface area contributed by atoms with Gasteiger partial charge < -0.3 is 4.90 Å². The second-order valence-electron chi connectivity index (χ2n) is 3.64. The summed E-state index contributed by atoms with van der Waals surface area (Å²) in [5.74, 6) is 3.67. The molecule has 92 valence electrons. The molecule has 0 atom stereocenters. The van der Waals surface area contributed by atoms with Gasteiger partial charge in [-0.05, 0) is 6.42 Å². The van der Waals surface area contributed by atoms with Crippen LogP contribution in [-0.2, 0) is 6.42 Å². The van der Waals surface area contributed by atoms with Gasteiger partial charge in [-0.15, -0.1) is 11.5 Å². The Labute approximate surface area is 106 Å². The Morgan fingerprint density at radius 3 is 2.82 bits per heavy atom. The van der Waals surface area contributed by atoms with Crippen molar-refractivity contribution in [2.24, 2.45) is 0 Å².